The Bertz CT molecular complexity index is 507. The number of anilines is 1. The standard InChI is InChI=1S/C15H24N4O2/c1-10(2)18-14(21)19-12-7-5-6-11(8-12)13(20)17-9-15(3,4)16/h5-8,10H,9,16H2,1-4H3,(H,17,20)(H2,18,19,21). The van der Waals surface area contributed by atoms with E-state index >= 15 is 0 Å². The number of rotatable bonds is 5. The molecule has 0 atom stereocenters. The van der Waals surface area contributed by atoms with Gasteiger partial charge >= 0.3 is 6.03 Å². The second kappa shape index (κ2) is 7.08. The predicted molar refractivity (Wildman–Crippen MR) is 84.3 cm³/mol. The maximum atomic E-state index is 12.0. The van der Waals surface area contributed by atoms with Crippen molar-refractivity contribution in [1.82, 2.24) is 10.6 Å². The predicted octanol–water partition coefficient (Wildman–Crippen LogP) is 1.68. The van der Waals surface area contributed by atoms with Gasteiger partial charge in [0.25, 0.3) is 5.91 Å². The van der Waals surface area contributed by atoms with E-state index in [4.69, 9.17) is 5.73 Å². The van der Waals surface area contributed by atoms with Crippen molar-refractivity contribution in [2.24, 2.45) is 5.73 Å². The average Bonchev–Trinajstić information content (AvgIpc) is 2.34. The van der Waals surface area contributed by atoms with Crippen LogP contribution in [0, 0.1) is 0 Å². The Kier molecular flexibility index (Phi) is 5.72. The van der Waals surface area contributed by atoms with Crippen LogP contribution < -0.4 is 21.7 Å². The Morgan fingerprint density at radius 3 is 2.52 bits per heavy atom. The molecule has 5 N–H and O–H groups in total. The van der Waals surface area contributed by atoms with Gasteiger partial charge in [-0.25, -0.2) is 4.79 Å². The molecule has 116 valence electrons. The second-order valence-electron chi connectivity index (χ2n) is 6.01. The van der Waals surface area contributed by atoms with Crippen LogP contribution in [-0.2, 0) is 0 Å². The van der Waals surface area contributed by atoms with Gasteiger partial charge in [-0.15, -0.1) is 0 Å². The highest BCUT2D eigenvalue weighted by Crippen LogP contribution is 2.11. The van der Waals surface area contributed by atoms with E-state index in [0.717, 1.165) is 0 Å². The Morgan fingerprint density at radius 1 is 1.29 bits per heavy atom. The number of carbonyl (C=O) groups excluding carboxylic acids is 2. The fraction of sp³-hybridized carbons (Fsp3) is 0.467. The summed E-state index contributed by atoms with van der Waals surface area (Å²) in [5.41, 5.74) is 6.39. The number of hydrogen-bond donors (Lipinski definition) is 4. The van der Waals surface area contributed by atoms with E-state index in [0.29, 0.717) is 17.8 Å². The summed E-state index contributed by atoms with van der Waals surface area (Å²) in [7, 11) is 0. The van der Waals surface area contributed by atoms with E-state index in [1.807, 2.05) is 27.7 Å². The minimum atomic E-state index is -0.470. The molecular formula is C15H24N4O2. The van der Waals surface area contributed by atoms with Gasteiger partial charge in [-0.05, 0) is 45.9 Å². The van der Waals surface area contributed by atoms with Crippen molar-refractivity contribution in [3.63, 3.8) is 0 Å². The zero-order chi connectivity index (χ0) is 16.0. The number of carbonyl (C=O) groups is 2. The van der Waals surface area contributed by atoms with Crippen molar-refractivity contribution in [3.8, 4) is 0 Å². The summed E-state index contributed by atoms with van der Waals surface area (Å²) in [6.07, 6.45) is 0. The fourth-order valence-electron chi connectivity index (χ4n) is 1.58. The van der Waals surface area contributed by atoms with Gasteiger partial charge in [0.15, 0.2) is 0 Å². The molecule has 1 aromatic rings. The van der Waals surface area contributed by atoms with Gasteiger partial charge in [0.1, 0.15) is 0 Å². The second-order valence-corrected chi connectivity index (χ2v) is 6.01. The minimum Gasteiger partial charge on any atom is -0.350 e. The molecule has 0 aromatic heterocycles. The zero-order valence-corrected chi connectivity index (χ0v) is 13.0. The summed E-state index contributed by atoms with van der Waals surface area (Å²) in [4.78, 5) is 23.6. The topological polar surface area (TPSA) is 96.2 Å². The van der Waals surface area contributed by atoms with Gasteiger partial charge in [0, 0.05) is 29.4 Å². The van der Waals surface area contributed by atoms with Crippen LogP contribution in [0.15, 0.2) is 24.3 Å². The summed E-state index contributed by atoms with van der Waals surface area (Å²) in [5, 5.41) is 8.16. The lowest BCUT2D eigenvalue weighted by molar-refractivity contribution is 0.0946. The molecule has 6 heteroatoms. The molecule has 1 aromatic carbocycles. The highest BCUT2D eigenvalue weighted by Gasteiger charge is 2.14. The molecule has 0 radical (unpaired) electrons. The Morgan fingerprint density at radius 2 is 1.95 bits per heavy atom. The normalized spacial score (nSPS) is 11.1. The lowest BCUT2D eigenvalue weighted by Gasteiger charge is -2.19. The van der Waals surface area contributed by atoms with Crippen LogP contribution >= 0.6 is 0 Å². The van der Waals surface area contributed by atoms with E-state index < -0.39 is 5.54 Å². The lowest BCUT2D eigenvalue weighted by atomic mass is 10.1. The first kappa shape index (κ1) is 17.0. The molecule has 0 aliphatic rings. The van der Waals surface area contributed by atoms with Crippen molar-refractivity contribution in [3.05, 3.63) is 29.8 Å². The van der Waals surface area contributed by atoms with Gasteiger partial charge in [-0.3, -0.25) is 4.79 Å². The van der Waals surface area contributed by atoms with E-state index in [-0.39, 0.29) is 18.0 Å². The largest absolute Gasteiger partial charge is 0.350 e. The van der Waals surface area contributed by atoms with Gasteiger partial charge in [0.05, 0.1) is 0 Å². The molecule has 0 saturated heterocycles. The van der Waals surface area contributed by atoms with Crippen LogP contribution in [0.5, 0.6) is 0 Å². The summed E-state index contributed by atoms with van der Waals surface area (Å²) in [6.45, 7) is 7.79. The monoisotopic (exact) mass is 292 g/mol. The van der Waals surface area contributed by atoms with Crippen LogP contribution in [0.1, 0.15) is 38.1 Å². The summed E-state index contributed by atoms with van der Waals surface area (Å²) in [6, 6.07) is 6.49. The van der Waals surface area contributed by atoms with Crippen molar-refractivity contribution < 1.29 is 9.59 Å². The van der Waals surface area contributed by atoms with Crippen LogP contribution in [0.25, 0.3) is 0 Å². The molecule has 3 amide bonds. The molecule has 0 bridgehead atoms. The minimum absolute atomic E-state index is 0.0447. The SMILES string of the molecule is CC(C)NC(=O)Nc1cccc(C(=O)NCC(C)(C)N)c1. The summed E-state index contributed by atoms with van der Waals surface area (Å²) in [5.74, 6) is -0.221. The van der Waals surface area contributed by atoms with E-state index in [1.165, 1.54) is 0 Å². The molecule has 0 fully saturated rings. The van der Waals surface area contributed by atoms with E-state index in [1.54, 1.807) is 24.3 Å². The molecule has 6 nitrogen and oxygen atoms in total. The van der Waals surface area contributed by atoms with E-state index in [9.17, 15) is 9.59 Å². The first-order chi connectivity index (χ1) is 9.67. The van der Waals surface area contributed by atoms with Gasteiger partial charge < -0.3 is 21.7 Å². The molecular weight excluding hydrogens is 268 g/mol. The third-order valence-corrected chi connectivity index (χ3v) is 2.51. The smallest absolute Gasteiger partial charge is 0.319 e. The first-order valence-electron chi connectivity index (χ1n) is 6.92. The molecule has 0 aliphatic carbocycles. The Balaban J connectivity index is 2.67. The number of urea groups is 1. The quantitative estimate of drug-likeness (QED) is 0.665. The Hall–Kier alpha value is -2.08. The molecule has 0 aliphatic heterocycles. The summed E-state index contributed by atoms with van der Waals surface area (Å²) >= 11 is 0. The lowest BCUT2D eigenvalue weighted by Crippen LogP contribution is -2.45. The molecule has 0 spiro atoms. The number of hydrogen-bond acceptors (Lipinski definition) is 3. The van der Waals surface area contributed by atoms with Crippen molar-refractivity contribution in [1.29, 1.82) is 0 Å². The first-order valence-corrected chi connectivity index (χ1v) is 6.92. The third-order valence-electron chi connectivity index (χ3n) is 2.51. The van der Waals surface area contributed by atoms with Crippen LogP contribution in [0.4, 0.5) is 10.5 Å². The molecule has 0 saturated carbocycles. The van der Waals surface area contributed by atoms with Crippen molar-refractivity contribution in [2.75, 3.05) is 11.9 Å². The number of nitrogens with two attached hydrogens (primary N) is 1. The van der Waals surface area contributed by atoms with Gasteiger partial charge in [-0.1, -0.05) is 6.07 Å². The van der Waals surface area contributed by atoms with Crippen molar-refractivity contribution in [2.45, 2.75) is 39.3 Å². The van der Waals surface area contributed by atoms with Crippen LogP contribution in [-0.4, -0.2) is 30.1 Å². The fourth-order valence-corrected chi connectivity index (χ4v) is 1.58. The third kappa shape index (κ3) is 6.76. The molecule has 21 heavy (non-hydrogen) atoms. The molecule has 0 unspecified atom stereocenters. The average molecular weight is 292 g/mol. The summed E-state index contributed by atoms with van der Waals surface area (Å²) < 4.78 is 0. The number of amides is 3. The zero-order valence-electron chi connectivity index (χ0n) is 13.0. The van der Waals surface area contributed by atoms with E-state index in [2.05, 4.69) is 16.0 Å². The number of benzene rings is 1. The Labute approximate surface area is 125 Å². The molecule has 0 heterocycles. The maximum absolute atomic E-state index is 12.0. The highest BCUT2D eigenvalue weighted by atomic mass is 16.2. The van der Waals surface area contributed by atoms with Crippen molar-refractivity contribution >= 4 is 17.6 Å². The van der Waals surface area contributed by atoms with Gasteiger partial charge in [-0.2, -0.15) is 0 Å². The van der Waals surface area contributed by atoms with Crippen LogP contribution in [0.3, 0.4) is 0 Å². The van der Waals surface area contributed by atoms with Gasteiger partial charge in [0.2, 0.25) is 0 Å². The maximum Gasteiger partial charge on any atom is 0.319 e. The van der Waals surface area contributed by atoms with Crippen LogP contribution in [0.2, 0.25) is 0 Å². The number of nitrogens with one attached hydrogen (secondary N) is 3. The highest BCUT2D eigenvalue weighted by molar-refractivity contribution is 5.96. The molecule has 1 rings (SSSR count).